The number of nitrogens with zero attached hydrogens (tertiary/aromatic N) is 1. The summed E-state index contributed by atoms with van der Waals surface area (Å²) in [5.41, 5.74) is -1.69. The van der Waals surface area contributed by atoms with E-state index in [1.165, 1.54) is 0 Å². The molecule has 88 valence electrons. The Labute approximate surface area is 93.0 Å². The molecule has 0 aromatic heterocycles. The van der Waals surface area contributed by atoms with Crippen LogP contribution in [0.4, 0.5) is 0 Å². The first-order valence-electron chi connectivity index (χ1n) is 5.84. The molecule has 0 saturated heterocycles. The molecule has 4 saturated carbocycles. The highest BCUT2D eigenvalue weighted by Gasteiger charge is 2.66. The van der Waals surface area contributed by atoms with Gasteiger partial charge in [-0.25, -0.2) is 0 Å². The van der Waals surface area contributed by atoms with Crippen molar-refractivity contribution in [2.24, 2.45) is 17.3 Å². The molecule has 0 amide bonds. The van der Waals surface area contributed by atoms with Crippen molar-refractivity contribution in [2.75, 3.05) is 0 Å². The minimum atomic E-state index is -0.914. The zero-order valence-electron chi connectivity index (χ0n) is 9.02. The monoisotopic (exact) mass is 225 g/mol. The van der Waals surface area contributed by atoms with E-state index in [0.717, 1.165) is 6.42 Å². The van der Waals surface area contributed by atoms with Crippen molar-refractivity contribution in [2.45, 2.75) is 44.1 Å². The third-order valence-corrected chi connectivity index (χ3v) is 4.87. The van der Waals surface area contributed by atoms with Gasteiger partial charge >= 0.3 is 5.97 Å². The molecule has 1 N–H and O–H groups in total. The number of hydrogen-bond acceptors (Lipinski definition) is 3. The summed E-state index contributed by atoms with van der Waals surface area (Å²) in [5, 5.41) is 20.6. The highest BCUT2D eigenvalue weighted by atomic mass is 16.6. The van der Waals surface area contributed by atoms with E-state index in [1.54, 1.807) is 0 Å². The van der Waals surface area contributed by atoms with E-state index in [1.807, 2.05) is 0 Å². The van der Waals surface area contributed by atoms with Gasteiger partial charge in [0, 0.05) is 24.2 Å². The molecule has 16 heavy (non-hydrogen) atoms. The minimum Gasteiger partial charge on any atom is -0.481 e. The van der Waals surface area contributed by atoms with Crippen LogP contribution < -0.4 is 0 Å². The molecule has 0 aromatic rings. The van der Waals surface area contributed by atoms with E-state index in [-0.39, 0.29) is 23.2 Å². The Morgan fingerprint density at radius 1 is 1.25 bits per heavy atom. The summed E-state index contributed by atoms with van der Waals surface area (Å²) in [7, 11) is 0. The largest absolute Gasteiger partial charge is 0.481 e. The smallest absolute Gasteiger partial charge is 0.309 e. The minimum absolute atomic E-state index is 0.192. The van der Waals surface area contributed by atoms with Crippen LogP contribution in [-0.2, 0) is 4.79 Å². The van der Waals surface area contributed by atoms with Crippen LogP contribution in [0.2, 0.25) is 0 Å². The summed E-state index contributed by atoms with van der Waals surface area (Å²) in [6, 6.07) is 0. The summed E-state index contributed by atoms with van der Waals surface area (Å²) in [6.07, 6.45) is 3.79. The number of aliphatic carboxylic acids is 1. The van der Waals surface area contributed by atoms with Gasteiger partial charge in [-0.15, -0.1) is 0 Å². The second-order valence-corrected chi connectivity index (χ2v) is 6.03. The molecule has 2 atom stereocenters. The van der Waals surface area contributed by atoms with Crippen molar-refractivity contribution in [1.29, 1.82) is 0 Å². The van der Waals surface area contributed by atoms with Crippen LogP contribution in [0.3, 0.4) is 0 Å². The first-order chi connectivity index (χ1) is 7.46. The molecule has 5 heteroatoms. The predicted octanol–water partition coefficient (Wildman–Crippen LogP) is 1.69. The lowest BCUT2D eigenvalue weighted by atomic mass is 9.47. The molecule has 4 fully saturated rings. The SMILES string of the molecule is O=C(O)C12CC3CC(C1)CC([N+](=O)[O-])(C3)C2. The Morgan fingerprint density at radius 2 is 1.81 bits per heavy atom. The van der Waals surface area contributed by atoms with Crippen LogP contribution >= 0.6 is 0 Å². The van der Waals surface area contributed by atoms with Gasteiger partial charge in [-0.2, -0.15) is 0 Å². The molecule has 4 rings (SSSR count). The van der Waals surface area contributed by atoms with E-state index < -0.39 is 16.9 Å². The molecule has 0 aliphatic heterocycles. The van der Waals surface area contributed by atoms with Gasteiger partial charge in [-0.3, -0.25) is 14.9 Å². The van der Waals surface area contributed by atoms with Crippen molar-refractivity contribution in [3.63, 3.8) is 0 Å². The molecule has 4 aliphatic rings. The van der Waals surface area contributed by atoms with E-state index in [2.05, 4.69) is 0 Å². The van der Waals surface area contributed by atoms with E-state index >= 15 is 0 Å². The van der Waals surface area contributed by atoms with Crippen LogP contribution in [0.15, 0.2) is 0 Å². The van der Waals surface area contributed by atoms with Crippen molar-refractivity contribution in [3.8, 4) is 0 Å². The normalized spacial score (nSPS) is 49.2. The highest BCUT2D eigenvalue weighted by Crippen LogP contribution is 2.62. The van der Waals surface area contributed by atoms with Crippen molar-refractivity contribution in [1.82, 2.24) is 0 Å². The van der Waals surface area contributed by atoms with E-state index in [4.69, 9.17) is 0 Å². The zero-order valence-corrected chi connectivity index (χ0v) is 9.02. The first kappa shape index (κ1) is 10.1. The molecular formula is C11H15NO4. The standard InChI is InChI=1S/C11H15NO4/c13-9(14)10-2-7-1-8(3-10)5-11(4-7,6-10)12(15)16/h7-8H,1-6H2,(H,13,14). The number of hydrogen-bond donors (Lipinski definition) is 1. The fourth-order valence-electron chi connectivity index (χ4n) is 4.68. The van der Waals surface area contributed by atoms with Crippen LogP contribution in [0.25, 0.3) is 0 Å². The Balaban J connectivity index is 2.03. The fraction of sp³-hybridized carbons (Fsp3) is 0.909. The van der Waals surface area contributed by atoms with Crippen LogP contribution in [0, 0.1) is 27.4 Å². The molecule has 4 bridgehead atoms. The molecule has 0 aromatic carbocycles. The third-order valence-electron chi connectivity index (χ3n) is 4.87. The predicted molar refractivity (Wildman–Crippen MR) is 54.5 cm³/mol. The van der Waals surface area contributed by atoms with Crippen LogP contribution in [-0.4, -0.2) is 21.5 Å². The lowest BCUT2D eigenvalue weighted by molar-refractivity contribution is -0.590. The molecular weight excluding hydrogens is 210 g/mol. The number of carbonyl (C=O) groups is 1. The van der Waals surface area contributed by atoms with E-state index in [9.17, 15) is 20.0 Å². The van der Waals surface area contributed by atoms with Gasteiger partial charge in [0.2, 0.25) is 5.54 Å². The van der Waals surface area contributed by atoms with Gasteiger partial charge in [0.1, 0.15) is 0 Å². The van der Waals surface area contributed by atoms with Gasteiger partial charge < -0.3 is 5.11 Å². The van der Waals surface area contributed by atoms with Gasteiger partial charge in [0.25, 0.3) is 0 Å². The number of carboxylic acids is 1. The quantitative estimate of drug-likeness (QED) is 0.572. The molecule has 0 heterocycles. The molecule has 5 nitrogen and oxygen atoms in total. The fourth-order valence-corrected chi connectivity index (χ4v) is 4.68. The Hall–Kier alpha value is -1.13. The summed E-state index contributed by atoms with van der Waals surface area (Å²) < 4.78 is 0. The van der Waals surface area contributed by atoms with Gasteiger partial charge in [-0.1, -0.05) is 0 Å². The Kier molecular flexibility index (Phi) is 1.73. The topological polar surface area (TPSA) is 80.4 Å². The summed E-state index contributed by atoms with van der Waals surface area (Å²) in [4.78, 5) is 22.4. The Morgan fingerprint density at radius 3 is 2.25 bits per heavy atom. The average Bonchev–Trinajstić information content (AvgIpc) is 2.14. The molecule has 4 aliphatic carbocycles. The zero-order chi connectivity index (χ0) is 11.6. The van der Waals surface area contributed by atoms with E-state index in [0.29, 0.717) is 25.7 Å². The molecule has 2 unspecified atom stereocenters. The second-order valence-electron chi connectivity index (χ2n) is 6.03. The lowest BCUT2D eigenvalue weighted by Crippen LogP contribution is -2.61. The summed E-state index contributed by atoms with van der Waals surface area (Å²) >= 11 is 0. The first-order valence-corrected chi connectivity index (χ1v) is 5.84. The maximum atomic E-state index is 11.4. The molecule has 0 radical (unpaired) electrons. The lowest BCUT2D eigenvalue weighted by Gasteiger charge is -2.55. The maximum absolute atomic E-state index is 11.4. The Bertz CT molecular complexity index is 332. The maximum Gasteiger partial charge on any atom is 0.309 e. The second kappa shape index (κ2) is 2.76. The number of nitro groups is 1. The highest BCUT2D eigenvalue weighted by molar-refractivity contribution is 5.75. The van der Waals surface area contributed by atoms with Crippen LogP contribution in [0.5, 0.6) is 0 Å². The van der Waals surface area contributed by atoms with Crippen molar-refractivity contribution in [3.05, 3.63) is 10.1 Å². The van der Waals surface area contributed by atoms with Crippen molar-refractivity contribution < 1.29 is 14.8 Å². The molecule has 0 spiro atoms. The summed E-state index contributed by atoms with van der Waals surface area (Å²) in [6.45, 7) is 0. The number of carboxylic acid groups (broad SMARTS) is 1. The van der Waals surface area contributed by atoms with Gasteiger partial charge in [-0.05, 0) is 31.1 Å². The van der Waals surface area contributed by atoms with Gasteiger partial charge in [0.15, 0.2) is 0 Å². The number of rotatable bonds is 2. The van der Waals surface area contributed by atoms with Crippen LogP contribution in [0.1, 0.15) is 38.5 Å². The third kappa shape index (κ3) is 1.09. The van der Waals surface area contributed by atoms with Crippen molar-refractivity contribution >= 4 is 5.97 Å². The van der Waals surface area contributed by atoms with Gasteiger partial charge in [0.05, 0.1) is 5.41 Å². The average molecular weight is 225 g/mol. The summed E-state index contributed by atoms with van der Waals surface area (Å²) in [5.74, 6) is -0.279.